The Morgan fingerprint density at radius 1 is 1.14 bits per heavy atom. The summed E-state index contributed by atoms with van der Waals surface area (Å²) in [4.78, 5) is 13.8. The third-order valence-corrected chi connectivity index (χ3v) is 4.74. The SMILES string of the molecule is C[C@@H](C(=O)Nc1ccc(Cl)cc1Cl)[NH+]1CCCCCCC1. The van der Waals surface area contributed by atoms with Crippen LogP contribution in [0.5, 0.6) is 0 Å². The number of likely N-dealkylation sites (tertiary alicyclic amines) is 1. The maximum Gasteiger partial charge on any atom is 0.282 e. The number of quaternary nitrogens is 1. The molecule has 1 atom stereocenters. The van der Waals surface area contributed by atoms with Crippen LogP contribution < -0.4 is 10.2 Å². The van der Waals surface area contributed by atoms with Crippen molar-refractivity contribution >= 4 is 34.8 Å². The van der Waals surface area contributed by atoms with Crippen molar-refractivity contribution < 1.29 is 9.69 Å². The Morgan fingerprint density at radius 2 is 1.76 bits per heavy atom. The van der Waals surface area contributed by atoms with Crippen LogP contribution in [0.15, 0.2) is 18.2 Å². The Balaban J connectivity index is 1.97. The molecule has 1 fully saturated rings. The second-order valence-corrected chi connectivity index (χ2v) is 6.60. The molecule has 0 aliphatic carbocycles. The molecule has 21 heavy (non-hydrogen) atoms. The highest BCUT2D eigenvalue weighted by Gasteiger charge is 2.25. The fourth-order valence-corrected chi connectivity index (χ4v) is 3.27. The summed E-state index contributed by atoms with van der Waals surface area (Å²) in [7, 11) is 0. The zero-order chi connectivity index (χ0) is 15.2. The first-order valence-corrected chi connectivity index (χ1v) is 8.44. The molecule has 1 amide bonds. The van der Waals surface area contributed by atoms with Crippen molar-refractivity contribution in [1.29, 1.82) is 0 Å². The minimum absolute atomic E-state index is 0.0230. The molecule has 1 saturated heterocycles. The maximum atomic E-state index is 12.4. The van der Waals surface area contributed by atoms with Gasteiger partial charge in [-0.25, -0.2) is 0 Å². The lowest BCUT2D eigenvalue weighted by Gasteiger charge is -2.27. The Hall–Kier alpha value is -0.770. The lowest BCUT2D eigenvalue weighted by molar-refractivity contribution is -0.914. The van der Waals surface area contributed by atoms with E-state index in [0.717, 1.165) is 13.1 Å². The predicted octanol–water partition coefficient (Wildman–Crippen LogP) is 3.17. The normalized spacial score (nSPS) is 18.6. The van der Waals surface area contributed by atoms with Gasteiger partial charge < -0.3 is 10.2 Å². The number of carbonyl (C=O) groups excluding carboxylic acids is 1. The zero-order valence-electron chi connectivity index (χ0n) is 12.4. The van der Waals surface area contributed by atoms with Gasteiger partial charge in [0.1, 0.15) is 0 Å². The molecule has 0 bridgehead atoms. The lowest BCUT2D eigenvalue weighted by Crippen LogP contribution is -3.16. The molecule has 2 rings (SSSR count). The van der Waals surface area contributed by atoms with Gasteiger partial charge in [-0.15, -0.1) is 0 Å². The van der Waals surface area contributed by atoms with E-state index in [1.807, 2.05) is 6.92 Å². The number of hydrogen-bond donors (Lipinski definition) is 2. The summed E-state index contributed by atoms with van der Waals surface area (Å²) in [6.45, 7) is 4.14. The topological polar surface area (TPSA) is 33.5 Å². The van der Waals surface area contributed by atoms with E-state index in [4.69, 9.17) is 23.2 Å². The van der Waals surface area contributed by atoms with E-state index < -0.39 is 0 Å². The van der Waals surface area contributed by atoms with Gasteiger partial charge in [0.05, 0.1) is 23.8 Å². The standard InChI is InChI=1S/C16H22Cl2N2O/c1-12(20-9-5-3-2-4-6-10-20)16(21)19-15-8-7-13(17)11-14(15)18/h7-8,11-12H,2-6,9-10H2,1H3,(H,19,21)/p+1/t12-/m0/s1. The number of hydrogen-bond acceptors (Lipinski definition) is 1. The summed E-state index contributed by atoms with van der Waals surface area (Å²) in [6.07, 6.45) is 6.29. The van der Waals surface area contributed by atoms with E-state index in [1.165, 1.54) is 37.0 Å². The van der Waals surface area contributed by atoms with Crippen LogP contribution in [0.1, 0.15) is 39.0 Å². The van der Waals surface area contributed by atoms with Crippen molar-refractivity contribution in [2.45, 2.75) is 45.1 Å². The molecule has 0 spiro atoms. The molecule has 1 aliphatic heterocycles. The third-order valence-electron chi connectivity index (χ3n) is 4.19. The lowest BCUT2D eigenvalue weighted by atomic mass is 10.1. The van der Waals surface area contributed by atoms with Gasteiger partial charge in [-0.1, -0.05) is 29.6 Å². The second kappa shape index (κ2) is 8.02. The van der Waals surface area contributed by atoms with Gasteiger partial charge in [-0.3, -0.25) is 4.79 Å². The molecule has 1 aromatic carbocycles. The molecule has 3 nitrogen and oxygen atoms in total. The van der Waals surface area contributed by atoms with Crippen molar-refractivity contribution in [3.8, 4) is 0 Å². The number of carbonyl (C=O) groups is 1. The maximum absolute atomic E-state index is 12.4. The van der Waals surface area contributed by atoms with E-state index in [-0.39, 0.29) is 11.9 Å². The first-order valence-electron chi connectivity index (χ1n) is 7.68. The zero-order valence-corrected chi connectivity index (χ0v) is 13.9. The van der Waals surface area contributed by atoms with Gasteiger partial charge in [0.2, 0.25) is 0 Å². The van der Waals surface area contributed by atoms with E-state index >= 15 is 0 Å². The number of anilines is 1. The van der Waals surface area contributed by atoms with E-state index in [9.17, 15) is 4.79 Å². The van der Waals surface area contributed by atoms with Gasteiger partial charge in [0, 0.05) is 5.02 Å². The van der Waals surface area contributed by atoms with Gasteiger partial charge >= 0.3 is 0 Å². The van der Waals surface area contributed by atoms with E-state index in [2.05, 4.69) is 5.32 Å². The monoisotopic (exact) mass is 329 g/mol. The fourth-order valence-electron chi connectivity index (χ4n) is 2.81. The number of nitrogens with one attached hydrogen (secondary N) is 2. The van der Waals surface area contributed by atoms with Crippen molar-refractivity contribution in [2.24, 2.45) is 0 Å². The Morgan fingerprint density at radius 3 is 2.38 bits per heavy atom. The average Bonchev–Trinajstić information content (AvgIpc) is 2.41. The highest BCUT2D eigenvalue weighted by Crippen LogP contribution is 2.25. The summed E-state index contributed by atoms with van der Waals surface area (Å²) in [6, 6.07) is 5.07. The van der Waals surface area contributed by atoms with Crippen LogP contribution in [0.25, 0.3) is 0 Å². The molecular weight excluding hydrogens is 307 g/mol. The van der Waals surface area contributed by atoms with E-state index in [1.54, 1.807) is 18.2 Å². The molecule has 5 heteroatoms. The highest BCUT2D eigenvalue weighted by molar-refractivity contribution is 6.36. The van der Waals surface area contributed by atoms with Crippen molar-refractivity contribution in [2.75, 3.05) is 18.4 Å². The minimum atomic E-state index is -0.0603. The summed E-state index contributed by atoms with van der Waals surface area (Å²) in [5.41, 5.74) is 0.629. The first kappa shape index (κ1) is 16.6. The fraction of sp³-hybridized carbons (Fsp3) is 0.562. The van der Waals surface area contributed by atoms with Gasteiger partial charge in [0.15, 0.2) is 6.04 Å². The number of rotatable bonds is 3. The van der Waals surface area contributed by atoms with Gasteiger partial charge in [0.25, 0.3) is 5.91 Å². The largest absolute Gasteiger partial charge is 0.325 e. The van der Waals surface area contributed by atoms with Crippen LogP contribution in [-0.4, -0.2) is 25.0 Å². The van der Waals surface area contributed by atoms with Crippen molar-refractivity contribution in [3.63, 3.8) is 0 Å². The minimum Gasteiger partial charge on any atom is -0.325 e. The van der Waals surface area contributed by atoms with Crippen LogP contribution in [0.2, 0.25) is 10.0 Å². The van der Waals surface area contributed by atoms with E-state index in [0.29, 0.717) is 15.7 Å². The molecule has 0 radical (unpaired) electrons. The average molecular weight is 330 g/mol. The number of benzene rings is 1. The molecule has 0 aromatic heterocycles. The second-order valence-electron chi connectivity index (χ2n) is 5.76. The molecule has 1 aromatic rings. The molecule has 116 valence electrons. The third kappa shape index (κ3) is 4.87. The quantitative estimate of drug-likeness (QED) is 0.877. The Bertz CT molecular complexity index is 485. The smallest absolute Gasteiger partial charge is 0.282 e. The molecular formula is C16H23Cl2N2O+. The molecule has 2 N–H and O–H groups in total. The molecule has 1 aliphatic rings. The van der Waals surface area contributed by atoms with Crippen LogP contribution in [0, 0.1) is 0 Å². The summed E-state index contributed by atoms with van der Waals surface area (Å²) in [5, 5.41) is 3.97. The van der Waals surface area contributed by atoms with Crippen LogP contribution >= 0.6 is 23.2 Å². The Labute approximate surface area is 136 Å². The van der Waals surface area contributed by atoms with Gasteiger partial charge in [-0.05, 0) is 50.8 Å². The number of halogens is 2. The van der Waals surface area contributed by atoms with Crippen LogP contribution in [0.3, 0.4) is 0 Å². The summed E-state index contributed by atoms with van der Waals surface area (Å²) < 4.78 is 0. The Kier molecular flexibility index (Phi) is 6.34. The first-order chi connectivity index (χ1) is 10.1. The molecule has 0 unspecified atom stereocenters. The van der Waals surface area contributed by atoms with Crippen LogP contribution in [-0.2, 0) is 4.79 Å². The predicted molar refractivity (Wildman–Crippen MR) is 88.3 cm³/mol. The molecule has 0 saturated carbocycles. The summed E-state index contributed by atoms with van der Waals surface area (Å²) >= 11 is 12.0. The molecule has 1 heterocycles. The van der Waals surface area contributed by atoms with Crippen LogP contribution in [0.4, 0.5) is 5.69 Å². The number of amides is 1. The van der Waals surface area contributed by atoms with Crippen molar-refractivity contribution in [1.82, 2.24) is 0 Å². The van der Waals surface area contributed by atoms with Crippen molar-refractivity contribution in [3.05, 3.63) is 28.2 Å². The van der Waals surface area contributed by atoms with Gasteiger partial charge in [-0.2, -0.15) is 0 Å². The highest BCUT2D eigenvalue weighted by atomic mass is 35.5. The summed E-state index contributed by atoms with van der Waals surface area (Å²) in [5.74, 6) is 0.0230.